The first kappa shape index (κ1) is 19.0. The normalized spacial score (nSPS) is 22.1. The van der Waals surface area contributed by atoms with Crippen LogP contribution in [-0.2, 0) is 19.4 Å². The van der Waals surface area contributed by atoms with Gasteiger partial charge in [-0.1, -0.05) is 0 Å². The fourth-order valence-corrected chi connectivity index (χ4v) is 4.75. The van der Waals surface area contributed by atoms with Gasteiger partial charge in [0.05, 0.1) is 30.1 Å². The molecule has 11 heteroatoms. The summed E-state index contributed by atoms with van der Waals surface area (Å²) >= 11 is 0. The molecule has 0 unspecified atom stereocenters. The molecule has 1 aromatic carbocycles. The minimum Gasteiger partial charge on any atom is -0.454 e. The van der Waals surface area contributed by atoms with Gasteiger partial charge in [-0.15, -0.1) is 0 Å². The molecule has 0 saturated carbocycles. The molecule has 0 bridgehead atoms. The highest BCUT2D eigenvalue weighted by molar-refractivity contribution is 7.91. The molecule has 1 saturated heterocycles. The van der Waals surface area contributed by atoms with Crippen molar-refractivity contribution >= 4 is 27.6 Å². The number of rotatable bonds is 5. The number of carbonyl (C=O) groups excluding carboxylic acids is 3. The van der Waals surface area contributed by atoms with Crippen molar-refractivity contribution in [2.24, 2.45) is 0 Å². The van der Waals surface area contributed by atoms with Crippen molar-refractivity contribution in [3.05, 3.63) is 23.8 Å². The van der Waals surface area contributed by atoms with Crippen molar-refractivity contribution in [1.29, 1.82) is 0 Å². The first-order chi connectivity index (χ1) is 12.7. The summed E-state index contributed by atoms with van der Waals surface area (Å²) < 4.78 is 34.3. The molecule has 0 aromatic heterocycles. The number of benzene rings is 1. The zero-order valence-corrected chi connectivity index (χ0v) is 15.3. The zero-order valence-electron chi connectivity index (χ0n) is 14.5. The van der Waals surface area contributed by atoms with Crippen LogP contribution >= 0.6 is 0 Å². The fraction of sp³-hybridized carbons (Fsp3) is 0.438. The summed E-state index contributed by atoms with van der Waals surface area (Å²) in [7, 11) is -3.42. The molecule has 2 aliphatic heterocycles. The van der Waals surface area contributed by atoms with E-state index in [1.54, 1.807) is 6.07 Å². The van der Waals surface area contributed by atoms with E-state index in [9.17, 15) is 22.8 Å². The lowest BCUT2D eigenvalue weighted by Crippen LogP contribution is -2.52. The summed E-state index contributed by atoms with van der Waals surface area (Å²) in [5, 5.41) is 7.52. The van der Waals surface area contributed by atoms with E-state index in [-0.39, 0.29) is 36.3 Å². The molecule has 3 rings (SSSR count). The van der Waals surface area contributed by atoms with E-state index in [0.717, 1.165) is 0 Å². The van der Waals surface area contributed by atoms with E-state index in [1.807, 2.05) is 0 Å². The van der Waals surface area contributed by atoms with Crippen LogP contribution < -0.4 is 25.4 Å². The second-order valence-corrected chi connectivity index (χ2v) is 8.46. The Balaban J connectivity index is 1.66. The van der Waals surface area contributed by atoms with Gasteiger partial charge >= 0.3 is 0 Å². The van der Waals surface area contributed by atoms with Crippen LogP contribution in [0.4, 0.5) is 0 Å². The van der Waals surface area contributed by atoms with Gasteiger partial charge in [0.15, 0.2) is 21.3 Å². The van der Waals surface area contributed by atoms with E-state index < -0.39 is 33.7 Å². The standard InChI is InChI=1S/C16H19N3O7S/c1-9(20)17-5-15(21)18-11-6-27(23,24)7-12(11)19-16(22)10-2-3-13-14(4-10)26-8-25-13/h2-4,11-12H,5-8H2,1H3,(H,17,20)(H,18,21)(H,19,22)/t11-,12-/m1/s1. The van der Waals surface area contributed by atoms with Gasteiger partial charge in [0.1, 0.15) is 0 Å². The van der Waals surface area contributed by atoms with Crippen molar-refractivity contribution in [2.75, 3.05) is 24.8 Å². The number of amides is 3. The molecular weight excluding hydrogens is 378 g/mol. The molecule has 0 spiro atoms. The summed E-state index contributed by atoms with van der Waals surface area (Å²) in [5.41, 5.74) is 0.284. The van der Waals surface area contributed by atoms with E-state index in [1.165, 1.54) is 19.1 Å². The molecule has 0 aliphatic carbocycles. The predicted octanol–water partition coefficient (Wildman–Crippen LogP) is -1.44. The highest BCUT2D eigenvalue weighted by atomic mass is 32.2. The smallest absolute Gasteiger partial charge is 0.251 e. The quantitative estimate of drug-likeness (QED) is 0.553. The van der Waals surface area contributed by atoms with Crippen LogP contribution in [-0.4, -0.2) is 63.1 Å². The number of nitrogens with one attached hydrogen (secondary N) is 3. The van der Waals surface area contributed by atoms with E-state index >= 15 is 0 Å². The maximum Gasteiger partial charge on any atom is 0.251 e. The van der Waals surface area contributed by atoms with Gasteiger partial charge in [-0.05, 0) is 18.2 Å². The predicted molar refractivity (Wildman–Crippen MR) is 93.1 cm³/mol. The third-order valence-corrected chi connectivity index (χ3v) is 5.88. The Bertz CT molecular complexity index is 884. The molecule has 0 radical (unpaired) electrons. The van der Waals surface area contributed by atoms with Crippen LogP contribution in [0.3, 0.4) is 0 Å². The number of ether oxygens (including phenoxy) is 2. The SMILES string of the molecule is CC(=O)NCC(=O)N[C@@H]1CS(=O)(=O)C[C@H]1NC(=O)c1ccc2c(c1)OCO2. The van der Waals surface area contributed by atoms with Gasteiger partial charge < -0.3 is 25.4 Å². The molecule has 146 valence electrons. The number of carbonyl (C=O) groups is 3. The number of fused-ring (bicyclic) bond motifs is 1. The Morgan fingerprint density at radius 1 is 1.07 bits per heavy atom. The Morgan fingerprint density at radius 2 is 1.74 bits per heavy atom. The number of sulfone groups is 1. The highest BCUT2D eigenvalue weighted by Crippen LogP contribution is 2.32. The van der Waals surface area contributed by atoms with Gasteiger partial charge in [-0.2, -0.15) is 0 Å². The van der Waals surface area contributed by atoms with Gasteiger partial charge in [0.25, 0.3) is 5.91 Å². The van der Waals surface area contributed by atoms with Crippen LogP contribution in [0.1, 0.15) is 17.3 Å². The second kappa shape index (κ2) is 7.43. The Labute approximate surface area is 155 Å². The van der Waals surface area contributed by atoms with Crippen LogP contribution in [0, 0.1) is 0 Å². The fourth-order valence-electron chi connectivity index (χ4n) is 2.88. The van der Waals surface area contributed by atoms with E-state index in [2.05, 4.69) is 16.0 Å². The lowest BCUT2D eigenvalue weighted by molar-refractivity contribution is -0.125. The Hall–Kier alpha value is -2.82. The Morgan fingerprint density at radius 3 is 2.44 bits per heavy atom. The topological polar surface area (TPSA) is 140 Å². The summed E-state index contributed by atoms with van der Waals surface area (Å²) in [5.74, 6) is -1.01. The molecule has 3 amide bonds. The van der Waals surface area contributed by atoms with E-state index in [0.29, 0.717) is 11.5 Å². The van der Waals surface area contributed by atoms with Crippen LogP contribution in [0.2, 0.25) is 0 Å². The van der Waals surface area contributed by atoms with Gasteiger partial charge in [0.2, 0.25) is 18.6 Å². The average Bonchev–Trinajstić information content (AvgIpc) is 3.16. The Kier molecular flexibility index (Phi) is 5.22. The summed E-state index contributed by atoms with van der Waals surface area (Å²) in [6.45, 7) is 1.07. The summed E-state index contributed by atoms with van der Waals surface area (Å²) in [4.78, 5) is 35.2. The first-order valence-electron chi connectivity index (χ1n) is 8.18. The third-order valence-electron chi connectivity index (χ3n) is 4.15. The number of hydrogen-bond donors (Lipinski definition) is 3. The molecule has 2 atom stereocenters. The molecule has 1 aromatic rings. The second-order valence-electron chi connectivity index (χ2n) is 6.31. The van der Waals surface area contributed by atoms with Gasteiger partial charge in [-0.25, -0.2) is 8.42 Å². The molecule has 2 aliphatic rings. The van der Waals surface area contributed by atoms with Crippen molar-refractivity contribution in [3.63, 3.8) is 0 Å². The van der Waals surface area contributed by atoms with Crippen molar-refractivity contribution < 1.29 is 32.3 Å². The molecular formula is C16H19N3O7S. The van der Waals surface area contributed by atoms with Crippen LogP contribution in [0.5, 0.6) is 11.5 Å². The zero-order chi connectivity index (χ0) is 19.6. The number of hydrogen-bond acceptors (Lipinski definition) is 7. The van der Waals surface area contributed by atoms with E-state index in [4.69, 9.17) is 9.47 Å². The lowest BCUT2D eigenvalue weighted by Gasteiger charge is -2.21. The van der Waals surface area contributed by atoms with Crippen molar-refractivity contribution in [1.82, 2.24) is 16.0 Å². The van der Waals surface area contributed by atoms with Gasteiger partial charge in [0, 0.05) is 12.5 Å². The minimum absolute atomic E-state index is 0.0731. The third kappa shape index (κ3) is 4.67. The molecule has 10 nitrogen and oxygen atoms in total. The molecule has 27 heavy (non-hydrogen) atoms. The monoisotopic (exact) mass is 397 g/mol. The highest BCUT2D eigenvalue weighted by Gasteiger charge is 2.39. The van der Waals surface area contributed by atoms with Crippen molar-refractivity contribution in [2.45, 2.75) is 19.0 Å². The minimum atomic E-state index is -3.42. The largest absolute Gasteiger partial charge is 0.454 e. The maximum atomic E-state index is 12.5. The lowest BCUT2D eigenvalue weighted by atomic mass is 10.1. The molecule has 3 N–H and O–H groups in total. The summed E-state index contributed by atoms with van der Waals surface area (Å²) in [6.07, 6.45) is 0. The summed E-state index contributed by atoms with van der Waals surface area (Å²) in [6, 6.07) is 3.07. The van der Waals surface area contributed by atoms with Crippen molar-refractivity contribution in [3.8, 4) is 11.5 Å². The first-order valence-corrected chi connectivity index (χ1v) is 10.0. The van der Waals surface area contributed by atoms with Crippen LogP contribution in [0.25, 0.3) is 0 Å². The maximum absolute atomic E-state index is 12.5. The molecule has 1 fully saturated rings. The average molecular weight is 397 g/mol. The van der Waals surface area contributed by atoms with Gasteiger partial charge in [-0.3, -0.25) is 14.4 Å². The molecule has 2 heterocycles. The van der Waals surface area contributed by atoms with Crippen LogP contribution in [0.15, 0.2) is 18.2 Å².